The lowest BCUT2D eigenvalue weighted by Crippen LogP contribution is -2.44. The van der Waals surface area contributed by atoms with Crippen molar-refractivity contribution in [2.45, 2.75) is 44.8 Å². The molecule has 0 amide bonds. The molecular weight excluding hydrogens is 286 g/mol. The average Bonchev–Trinajstić information content (AvgIpc) is 2.38. The van der Waals surface area contributed by atoms with Gasteiger partial charge in [0.05, 0.1) is 12.6 Å². The van der Waals surface area contributed by atoms with E-state index in [0.717, 1.165) is 5.56 Å². The molecule has 6 nitrogen and oxygen atoms in total. The summed E-state index contributed by atoms with van der Waals surface area (Å²) in [7, 11) is 0. The van der Waals surface area contributed by atoms with Crippen LogP contribution in [0.5, 0.6) is 5.75 Å². The van der Waals surface area contributed by atoms with Gasteiger partial charge in [0.1, 0.15) is 11.4 Å². The zero-order chi connectivity index (χ0) is 16.3. The maximum absolute atomic E-state index is 11.6. The van der Waals surface area contributed by atoms with E-state index in [-0.39, 0.29) is 18.2 Å². The third-order valence-corrected chi connectivity index (χ3v) is 3.46. The lowest BCUT2D eigenvalue weighted by molar-refractivity contribution is -0.170. The zero-order valence-corrected chi connectivity index (χ0v) is 13.2. The molecule has 1 aliphatic rings. The number of hydrogen-bond acceptors (Lipinski definition) is 6. The Balaban J connectivity index is 1.90. The molecule has 0 radical (unpaired) electrons. The van der Waals surface area contributed by atoms with Gasteiger partial charge < -0.3 is 19.8 Å². The molecule has 0 aromatic heterocycles. The first kappa shape index (κ1) is 16.6. The largest absolute Gasteiger partial charge is 0.528 e. The predicted octanol–water partition coefficient (Wildman–Crippen LogP) is 2.41. The second-order valence-electron chi connectivity index (χ2n) is 6.50. The number of hydrogen-bond donors (Lipinski definition) is 2. The molecule has 1 aromatic rings. The molecule has 1 fully saturated rings. The number of carbonyl (C=O) groups is 1. The Morgan fingerprint density at radius 2 is 1.91 bits per heavy atom. The highest BCUT2D eigenvalue weighted by molar-refractivity contribution is 5.60. The highest BCUT2D eigenvalue weighted by atomic mass is 16.8. The van der Waals surface area contributed by atoms with Crippen LogP contribution in [0.1, 0.15) is 38.7 Å². The Kier molecular flexibility index (Phi) is 4.93. The van der Waals surface area contributed by atoms with Crippen LogP contribution in [0.25, 0.3) is 0 Å². The monoisotopic (exact) mass is 309 g/mol. The van der Waals surface area contributed by atoms with Crippen LogP contribution in [0.15, 0.2) is 24.3 Å². The molecular formula is C16H23NO5. The van der Waals surface area contributed by atoms with Crippen molar-refractivity contribution in [1.82, 2.24) is 5.06 Å². The van der Waals surface area contributed by atoms with Crippen LogP contribution in [0.3, 0.4) is 0 Å². The Morgan fingerprint density at radius 1 is 1.27 bits per heavy atom. The lowest BCUT2D eigenvalue weighted by atomic mass is 9.88. The second-order valence-corrected chi connectivity index (χ2v) is 6.50. The van der Waals surface area contributed by atoms with Crippen molar-refractivity contribution in [3.8, 4) is 5.75 Å². The Bertz CT molecular complexity index is 508. The van der Waals surface area contributed by atoms with Crippen molar-refractivity contribution < 1.29 is 24.6 Å². The molecule has 2 unspecified atom stereocenters. The summed E-state index contributed by atoms with van der Waals surface area (Å²) < 4.78 is 5.09. The summed E-state index contributed by atoms with van der Waals surface area (Å²) >= 11 is 0. The lowest BCUT2D eigenvalue weighted by Gasteiger charge is -2.34. The van der Waals surface area contributed by atoms with E-state index in [1.165, 1.54) is 5.06 Å². The van der Waals surface area contributed by atoms with Crippen LogP contribution < -0.4 is 0 Å². The fourth-order valence-electron chi connectivity index (χ4n) is 2.47. The number of aromatic hydroxyl groups is 1. The molecule has 1 heterocycles. The maximum Gasteiger partial charge on any atom is 0.528 e. The number of benzene rings is 1. The molecule has 2 rings (SSSR count). The van der Waals surface area contributed by atoms with Gasteiger partial charge in [-0.1, -0.05) is 12.1 Å². The Hall–Kier alpha value is -1.79. The summed E-state index contributed by atoms with van der Waals surface area (Å²) in [5, 5.41) is 21.0. The summed E-state index contributed by atoms with van der Waals surface area (Å²) in [5.41, 5.74) is 0.349. The molecule has 0 bridgehead atoms. The third-order valence-electron chi connectivity index (χ3n) is 3.46. The van der Waals surface area contributed by atoms with Crippen LogP contribution in [-0.4, -0.2) is 46.2 Å². The van der Waals surface area contributed by atoms with Gasteiger partial charge in [0.15, 0.2) is 0 Å². The normalized spacial score (nSPS) is 23.1. The highest BCUT2D eigenvalue weighted by Gasteiger charge is 2.31. The minimum Gasteiger partial charge on any atom is -0.508 e. The van der Waals surface area contributed by atoms with Gasteiger partial charge in [-0.2, -0.15) is 0 Å². The zero-order valence-electron chi connectivity index (χ0n) is 13.2. The fourth-order valence-corrected chi connectivity index (χ4v) is 2.47. The van der Waals surface area contributed by atoms with Crippen LogP contribution in [0.4, 0.5) is 4.79 Å². The van der Waals surface area contributed by atoms with Gasteiger partial charge in [0, 0.05) is 12.5 Å². The topological polar surface area (TPSA) is 79.2 Å². The van der Waals surface area contributed by atoms with E-state index in [4.69, 9.17) is 9.57 Å². The molecule has 122 valence electrons. The first-order valence-electron chi connectivity index (χ1n) is 7.37. The van der Waals surface area contributed by atoms with Crippen molar-refractivity contribution in [3.63, 3.8) is 0 Å². The van der Waals surface area contributed by atoms with Gasteiger partial charge in [0.25, 0.3) is 0 Å². The number of phenolic OH excluding ortho intramolecular Hbond substituents is 1. The number of ether oxygens (including phenoxy) is 1. The summed E-state index contributed by atoms with van der Waals surface area (Å²) in [6.07, 6.45) is -0.766. The van der Waals surface area contributed by atoms with Gasteiger partial charge in [0.2, 0.25) is 0 Å². The number of rotatable bonds is 2. The van der Waals surface area contributed by atoms with Gasteiger partial charge in [-0.3, -0.25) is 0 Å². The highest BCUT2D eigenvalue weighted by Crippen LogP contribution is 2.29. The molecule has 2 atom stereocenters. The number of aliphatic hydroxyl groups excluding tert-OH is 1. The molecule has 0 aliphatic carbocycles. The molecule has 1 saturated heterocycles. The van der Waals surface area contributed by atoms with Crippen molar-refractivity contribution >= 4 is 6.16 Å². The van der Waals surface area contributed by atoms with E-state index >= 15 is 0 Å². The summed E-state index contributed by atoms with van der Waals surface area (Å²) in [6, 6.07) is 6.80. The Morgan fingerprint density at radius 3 is 2.45 bits per heavy atom. The van der Waals surface area contributed by atoms with Crippen LogP contribution in [-0.2, 0) is 9.57 Å². The minimum absolute atomic E-state index is 0.0425. The molecule has 2 N–H and O–H groups in total. The molecule has 6 heteroatoms. The number of aliphatic hydroxyl groups is 1. The van der Waals surface area contributed by atoms with E-state index in [1.54, 1.807) is 45.0 Å². The number of piperidine rings is 1. The summed E-state index contributed by atoms with van der Waals surface area (Å²) in [5.74, 6) is 0.156. The van der Waals surface area contributed by atoms with Crippen LogP contribution in [0, 0.1) is 0 Å². The molecule has 0 saturated carbocycles. The summed E-state index contributed by atoms with van der Waals surface area (Å²) in [6.45, 7) is 6.03. The first-order chi connectivity index (χ1) is 10.2. The van der Waals surface area contributed by atoms with Crippen molar-refractivity contribution in [1.29, 1.82) is 0 Å². The number of β-amino-alcohol motifs (C(OH)–C–C–N with tert-alkyl or cyclic N) is 1. The third kappa shape index (κ3) is 4.61. The van der Waals surface area contributed by atoms with Crippen LogP contribution >= 0.6 is 0 Å². The van der Waals surface area contributed by atoms with E-state index in [1.807, 2.05) is 0 Å². The molecule has 0 spiro atoms. The smallest absolute Gasteiger partial charge is 0.508 e. The van der Waals surface area contributed by atoms with E-state index in [2.05, 4.69) is 0 Å². The number of nitrogens with zero attached hydrogens (tertiary/aromatic N) is 1. The van der Waals surface area contributed by atoms with Crippen molar-refractivity contribution in [3.05, 3.63) is 29.8 Å². The van der Waals surface area contributed by atoms with Crippen molar-refractivity contribution in [2.24, 2.45) is 0 Å². The quantitative estimate of drug-likeness (QED) is 0.817. The number of phenols is 1. The summed E-state index contributed by atoms with van der Waals surface area (Å²) in [4.78, 5) is 16.7. The van der Waals surface area contributed by atoms with Crippen LogP contribution in [0.2, 0.25) is 0 Å². The van der Waals surface area contributed by atoms with E-state index in [9.17, 15) is 15.0 Å². The number of hydroxylamine groups is 2. The average molecular weight is 309 g/mol. The molecule has 22 heavy (non-hydrogen) atoms. The minimum atomic E-state index is -0.761. The predicted molar refractivity (Wildman–Crippen MR) is 80.4 cm³/mol. The Labute approximate surface area is 130 Å². The standard InChI is InChI=1S/C16H23NO5/c1-16(2,3)21-15(20)22-17-9-8-13(14(19)10-17)11-4-6-12(18)7-5-11/h4-7,13-14,18-19H,8-10H2,1-3H3. The van der Waals surface area contributed by atoms with E-state index in [0.29, 0.717) is 13.0 Å². The first-order valence-corrected chi connectivity index (χ1v) is 7.37. The second kappa shape index (κ2) is 6.54. The number of carbonyl (C=O) groups excluding carboxylic acids is 1. The van der Waals surface area contributed by atoms with Crippen molar-refractivity contribution in [2.75, 3.05) is 13.1 Å². The molecule has 1 aliphatic heterocycles. The van der Waals surface area contributed by atoms with Gasteiger partial charge in [-0.25, -0.2) is 4.79 Å². The molecule has 1 aromatic carbocycles. The fraction of sp³-hybridized carbons (Fsp3) is 0.562. The van der Waals surface area contributed by atoms with E-state index < -0.39 is 17.9 Å². The van der Waals surface area contributed by atoms with Gasteiger partial charge in [-0.05, 0) is 44.9 Å². The van der Waals surface area contributed by atoms with Gasteiger partial charge >= 0.3 is 6.16 Å². The van der Waals surface area contributed by atoms with Gasteiger partial charge in [-0.15, -0.1) is 5.06 Å². The SMILES string of the molecule is CC(C)(C)OC(=O)ON1CCC(c2ccc(O)cc2)C(O)C1. The maximum atomic E-state index is 11.6.